The van der Waals surface area contributed by atoms with Gasteiger partial charge in [-0.25, -0.2) is 0 Å². The van der Waals surface area contributed by atoms with Gasteiger partial charge >= 0.3 is 0 Å². The van der Waals surface area contributed by atoms with Crippen molar-refractivity contribution in [3.05, 3.63) is 217 Å². The number of furan rings is 1. The van der Waals surface area contributed by atoms with Gasteiger partial charge in [0, 0.05) is 49.6 Å². The average molecular weight is 769 g/mol. The highest BCUT2D eigenvalue weighted by atomic mass is 16.3. The van der Waals surface area contributed by atoms with Gasteiger partial charge < -0.3 is 13.9 Å². The number of nitrogens with zero attached hydrogens (tertiary/aromatic N) is 2. The fourth-order valence-corrected chi connectivity index (χ4v) is 10.1. The Morgan fingerprint density at radius 2 is 0.967 bits per heavy atom. The zero-order valence-corrected chi connectivity index (χ0v) is 33.4. The molecule has 3 nitrogen and oxygen atoms in total. The van der Waals surface area contributed by atoms with E-state index in [4.69, 9.17) is 4.42 Å². The minimum Gasteiger partial charge on any atom is -0.456 e. The van der Waals surface area contributed by atoms with E-state index >= 15 is 0 Å². The number of para-hydroxylation sites is 3. The molecule has 0 amide bonds. The number of rotatable bonds is 6. The van der Waals surface area contributed by atoms with Crippen molar-refractivity contribution < 1.29 is 4.42 Å². The first kappa shape index (κ1) is 34.4. The lowest BCUT2D eigenvalue weighted by Gasteiger charge is -2.29. The third kappa shape index (κ3) is 5.09. The smallest absolute Gasteiger partial charge is 0.136 e. The van der Waals surface area contributed by atoms with E-state index in [2.05, 4.69) is 217 Å². The molecule has 0 unspecified atom stereocenters. The van der Waals surface area contributed by atoms with E-state index in [-0.39, 0.29) is 5.41 Å². The molecule has 0 aliphatic heterocycles. The van der Waals surface area contributed by atoms with Crippen molar-refractivity contribution in [1.82, 2.24) is 4.57 Å². The predicted molar refractivity (Wildman–Crippen MR) is 251 cm³/mol. The molecule has 9 aromatic carbocycles. The molecule has 12 rings (SSSR count). The Morgan fingerprint density at radius 1 is 0.417 bits per heavy atom. The monoisotopic (exact) mass is 768 g/mol. The van der Waals surface area contributed by atoms with Crippen molar-refractivity contribution in [2.24, 2.45) is 0 Å². The molecule has 0 saturated carbocycles. The molecule has 0 radical (unpaired) electrons. The van der Waals surface area contributed by atoms with Crippen LogP contribution in [0.4, 0.5) is 17.1 Å². The van der Waals surface area contributed by atoms with E-state index in [1.807, 2.05) is 12.1 Å². The average Bonchev–Trinajstić information content (AvgIpc) is 3.93. The number of fused-ring (bicyclic) bond motifs is 9. The van der Waals surface area contributed by atoms with E-state index < -0.39 is 0 Å². The number of aromatic nitrogens is 1. The second-order valence-corrected chi connectivity index (χ2v) is 16.5. The largest absolute Gasteiger partial charge is 0.456 e. The van der Waals surface area contributed by atoms with Crippen molar-refractivity contribution >= 4 is 60.8 Å². The lowest BCUT2D eigenvalue weighted by atomic mass is 9.82. The summed E-state index contributed by atoms with van der Waals surface area (Å²) in [4.78, 5) is 2.44. The molecule has 1 aliphatic carbocycles. The van der Waals surface area contributed by atoms with E-state index in [0.717, 1.165) is 44.6 Å². The second kappa shape index (κ2) is 13.2. The fourth-order valence-electron chi connectivity index (χ4n) is 10.1. The molecule has 284 valence electrons. The lowest BCUT2D eigenvalue weighted by Crippen LogP contribution is -2.16. The summed E-state index contributed by atoms with van der Waals surface area (Å²) >= 11 is 0. The molecule has 60 heavy (non-hydrogen) atoms. The van der Waals surface area contributed by atoms with E-state index in [1.165, 1.54) is 66.4 Å². The Bertz CT molecular complexity index is 3440. The number of hydrogen-bond acceptors (Lipinski definition) is 2. The van der Waals surface area contributed by atoms with Gasteiger partial charge in [-0.3, -0.25) is 0 Å². The summed E-state index contributed by atoms with van der Waals surface area (Å²) in [6, 6.07) is 74.8. The molecular formula is C57H40N2O. The van der Waals surface area contributed by atoms with Crippen LogP contribution in [-0.2, 0) is 5.41 Å². The van der Waals surface area contributed by atoms with Crippen LogP contribution >= 0.6 is 0 Å². The first-order chi connectivity index (χ1) is 29.5. The van der Waals surface area contributed by atoms with Gasteiger partial charge in [0.15, 0.2) is 0 Å². The summed E-state index contributed by atoms with van der Waals surface area (Å²) in [5, 5.41) is 4.79. The summed E-state index contributed by atoms with van der Waals surface area (Å²) in [5.74, 6) is 0. The van der Waals surface area contributed by atoms with Crippen LogP contribution in [-0.4, -0.2) is 4.57 Å². The van der Waals surface area contributed by atoms with Crippen molar-refractivity contribution in [2.45, 2.75) is 19.3 Å². The molecule has 11 aromatic rings. The Hall–Kier alpha value is -7.62. The quantitative estimate of drug-likeness (QED) is 0.168. The number of hydrogen-bond donors (Lipinski definition) is 0. The SMILES string of the molecule is CC1(C)c2ccccc2-c2c(N(c3ccc(-c4cccc5oc6ccccc6c45)cc3)c3ccc(-c4cccc5c4c4ccccc4n5-c4ccccc4)cc3)cccc21. The van der Waals surface area contributed by atoms with Crippen molar-refractivity contribution in [2.75, 3.05) is 4.90 Å². The Balaban J connectivity index is 1.02. The molecule has 2 aromatic heterocycles. The van der Waals surface area contributed by atoms with Gasteiger partial charge in [-0.05, 0) is 106 Å². The Kier molecular flexibility index (Phi) is 7.58. The van der Waals surface area contributed by atoms with Crippen molar-refractivity contribution in [1.29, 1.82) is 0 Å². The molecule has 3 heteroatoms. The van der Waals surface area contributed by atoms with Gasteiger partial charge in [0.1, 0.15) is 11.2 Å². The minimum atomic E-state index is -0.120. The van der Waals surface area contributed by atoms with Crippen LogP contribution in [0.15, 0.2) is 211 Å². The van der Waals surface area contributed by atoms with Crippen LogP contribution in [0.3, 0.4) is 0 Å². The van der Waals surface area contributed by atoms with E-state index in [0.29, 0.717) is 0 Å². The van der Waals surface area contributed by atoms with Gasteiger partial charge in [0.2, 0.25) is 0 Å². The highest BCUT2D eigenvalue weighted by Gasteiger charge is 2.37. The minimum absolute atomic E-state index is 0.120. The summed E-state index contributed by atoms with van der Waals surface area (Å²) in [7, 11) is 0. The van der Waals surface area contributed by atoms with Crippen LogP contribution < -0.4 is 4.90 Å². The second-order valence-electron chi connectivity index (χ2n) is 16.5. The third-order valence-electron chi connectivity index (χ3n) is 12.8. The number of benzene rings is 9. The molecule has 1 aliphatic rings. The highest BCUT2D eigenvalue weighted by Crippen LogP contribution is 2.54. The maximum absolute atomic E-state index is 6.28. The Labute approximate surface area is 349 Å². The maximum atomic E-state index is 6.28. The molecule has 0 N–H and O–H groups in total. The Morgan fingerprint density at radius 3 is 1.73 bits per heavy atom. The summed E-state index contributed by atoms with van der Waals surface area (Å²) in [5.41, 5.74) is 18.6. The van der Waals surface area contributed by atoms with Gasteiger partial charge in [0.25, 0.3) is 0 Å². The molecule has 0 saturated heterocycles. The lowest BCUT2D eigenvalue weighted by molar-refractivity contribution is 0.660. The van der Waals surface area contributed by atoms with Crippen LogP contribution in [0.2, 0.25) is 0 Å². The van der Waals surface area contributed by atoms with E-state index in [1.54, 1.807) is 0 Å². The number of anilines is 3. The van der Waals surface area contributed by atoms with Crippen molar-refractivity contribution in [3.8, 4) is 39.1 Å². The molecule has 0 atom stereocenters. The summed E-state index contributed by atoms with van der Waals surface area (Å²) < 4.78 is 8.67. The first-order valence-corrected chi connectivity index (χ1v) is 20.8. The standard InChI is InChI=1S/C57H40N2O/c1-57(2)47-22-9-6-17-44(47)56-48(57)23-14-26-51(56)58(41-35-31-38(32-36-41)43-21-13-28-53-55(43)46-19-8-11-27-52(46)60-53)40-33-29-37(30-34-40)42-20-12-25-50-54(42)45-18-7-10-24-49(45)59(50)39-15-4-3-5-16-39/h3-36H,1-2H3. The van der Waals surface area contributed by atoms with E-state index in [9.17, 15) is 0 Å². The normalized spacial score (nSPS) is 13.0. The highest BCUT2D eigenvalue weighted by molar-refractivity contribution is 6.16. The zero-order chi connectivity index (χ0) is 40.0. The predicted octanol–water partition coefficient (Wildman–Crippen LogP) is 15.8. The maximum Gasteiger partial charge on any atom is 0.136 e. The first-order valence-electron chi connectivity index (χ1n) is 20.8. The fraction of sp³-hybridized carbons (Fsp3) is 0.0526. The van der Waals surface area contributed by atoms with Crippen LogP contribution in [0.5, 0.6) is 0 Å². The third-order valence-corrected chi connectivity index (χ3v) is 12.8. The van der Waals surface area contributed by atoms with Crippen LogP contribution in [0.1, 0.15) is 25.0 Å². The van der Waals surface area contributed by atoms with Gasteiger partial charge in [-0.15, -0.1) is 0 Å². The molecule has 0 spiro atoms. The summed E-state index contributed by atoms with van der Waals surface area (Å²) in [6.07, 6.45) is 0. The van der Waals surface area contributed by atoms with Gasteiger partial charge in [-0.1, -0.05) is 153 Å². The molecule has 0 fully saturated rings. The molecule has 0 bridgehead atoms. The van der Waals surface area contributed by atoms with Crippen LogP contribution in [0.25, 0.3) is 82.8 Å². The molecular weight excluding hydrogens is 729 g/mol. The summed E-state index contributed by atoms with van der Waals surface area (Å²) in [6.45, 7) is 4.70. The topological polar surface area (TPSA) is 21.3 Å². The van der Waals surface area contributed by atoms with Crippen molar-refractivity contribution in [3.63, 3.8) is 0 Å². The van der Waals surface area contributed by atoms with Gasteiger partial charge in [-0.2, -0.15) is 0 Å². The van der Waals surface area contributed by atoms with Gasteiger partial charge in [0.05, 0.1) is 16.7 Å². The zero-order valence-electron chi connectivity index (χ0n) is 33.4. The molecule has 2 heterocycles. The van der Waals surface area contributed by atoms with Crippen LogP contribution in [0, 0.1) is 0 Å².